The van der Waals surface area contributed by atoms with Gasteiger partial charge in [-0.1, -0.05) is 23.7 Å². The van der Waals surface area contributed by atoms with Gasteiger partial charge in [-0.15, -0.1) is 0 Å². The normalized spacial score (nSPS) is 11.9. The highest BCUT2D eigenvalue weighted by Gasteiger charge is 2.11. The fourth-order valence-electron chi connectivity index (χ4n) is 1.22. The van der Waals surface area contributed by atoms with Crippen LogP contribution < -0.4 is 11.1 Å². The van der Waals surface area contributed by atoms with Crippen LogP contribution in [0.5, 0.6) is 0 Å². The van der Waals surface area contributed by atoms with E-state index in [-0.39, 0.29) is 18.1 Å². The van der Waals surface area contributed by atoms with Crippen LogP contribution in [0.1, 0.15) is 6.42 Å². The fraction of sp³-hybridized carbons (Fsp3) is 0.333. The number of nitrogens with two attached hydrogens (primary N) is 1. The van der Waals surface area contributed by atoms with Gasteiger partial charge in [0.1, 0.15) is 6.04 Å². The van der Waals surface area contributed by atoms with E-state index in [1.165, 1.54) is 11.8 Å². The van der Waals surface area contributed by atoms with Gasteiger partial charge in [-0.2, -0.15) is 11.8 Å². The van der Waals surface area contributed by atoms with Crippen molar-refractivity contribution in [2.45, 2.75) is 12.5 Å². The van der Waals surface area contributed by atoms with E-state index in [1.807, 2.05) is 0 Å². The minimum absolute atomic E-state index is 0.163. The van der Waals surface area contributed by atoms with Crippen LogP contribution in [0.2, 0.25) is 5.02 Å². The quantitative estimate of drug-likeness (QED) is 0.668. The number of carboxylic acids is 1. The molecule has 0 heterocycles. The highest BCUT2D eigenvalue weighted by Crippen LogP contribution is 2.20. The zero-order valence-corrected chi connectivity index (χ0v) is 11.7. The Labute approximate surface area is 120 Å². The number of carbonyl (C=O) groups is 2. The van der Waals surface area contributed by atoms with Crippen LogP contribution in [-0.2, 0) is 9.59 Å². The molecule has 0 spiro atoms. The molecule has 0 unspecified atom stereocenters. The van der Waals surface area contributed by atoms with Crippen LogP contribution in [0.3, 0.4) is 0 Å². The Morgan fingerprint density at radius 2 is 2.11 bits per heavy atom. The smallest absolute Gasteiger partial charge is 0.321 e. The van der Waals surface area contributed by atoms with E-state index in [9.17, 15) is 9.59 Å². The second-order valence-corrected chi connectivity index (χ2v) is 5.35. The van der Waals surface area contributed by atoms with Gasteiger partial charge in [0.25, 0.3) is 0 Å². The van der Waals surface area contributed by atoms with Crippen molar-refractivity contribution in [1.29, 1.82) is 0 Å². The Balaban J connectivity index is 2.26. The summed E-state index contributed by atoms with van der Waals surface area (Å²) >= 11 is 7.24. The molecule has 1 rings (SSSR count). The third kappa shape index (κ3) is 5.96. The summed E-state index contributed by atoms with van der Waals surface area (Å²) in [5.41, 5.74) is 5.91. The number of nitrogens with one attached hydrogen (secondary N) is 1. The molecule has 0 bridgehead atoms. The Hall–Kier alpha value is -1.24. The van der Waals surface area contributed by atoms with Gasteiger partial charge in [-0.3, -0.25) is 9.59 Å². The maximum Gasteiger partial charge on any atom is 0.321 e. The molecule has 0 saturated heterocycles. The highest BCUT2D eigenvalue weighted by atomic mass is 35.5. The van der Waals surface area contributed by atoms with Gasteiger partial charge in [-0.25, -0.2) is 0 Å². The summed E-state index contributed by atoms with van der Waals surface area (Å²) in [5.74, 6) is -0.399. The minimum Gasteiger partial charge on any atom is -0.480 e. The lowest BCUT2D eigenvalue weighted by molar-refractivity contribution is -0.137. The molecule has 7 heteroatoms. The standard InChI is InChI=1S/C12H15ClN2O3S/c13-8-3-1-2-4-10(8)15-11(16)5-6-19-7-9(14)12(17)18/h1-4,9H,5-7,14H2,(H,15,16)(H,17,18)/t9-/m0/s1. The van der Waals surface area contributed by atoms with Gasteiger partial charge >= 0.3 is 5.97 Å². The Morgan fingerprint density at radius 1 is 1.42 bits per heavy atom. The lowest BCUT2D eigenvalue weighted by atomic mass is 10.3. The second kappa shape index (κ2) is 8.04. The van der Waals surface area contributed by atoms with Crippen molar-refractivity contribution >= 4 is 40.9 Å². The first-order chi connectivity index (χ1) is 9.00. The number of thioether (sulfide) groups is 1. The molecular weight excluding hydrogens is 288 g/mol. The largest absolute Gasteiger partial charge is 0.480 e. The third-order valence-electron chi connectivity index (χ3n) is 2.24. The molecular formula is C12H15ClN2O3S. The van der Waals surface area contributed by atoms with E-state index in [2.05, 4.69) is 5.32 Å². The molecule has 0 radical (unpaired) electrons. The number of rotatable bonds is 7. The van der Waals surface area contributed by atoms with Crippen molar-refractivity contribution in [3.8, 4) is 0 Å². The van der Waals surface area contributed by atoms with E-state index >= 15 is 0 Å². The summed E-state index contributed by atoms with van der Waals surface area (Å²) in [6.45, 7) is 0. The molecule has 0 fully saturated rings. The number of hydrogen-bond acceptors (Lipinski definition) is 4. The van der Waals surface area contributed by atoms with Gasteiger partial charge in [0.15, 0.2) is 0 Å². The van der Waals surface area contributed by atoms with Crippen LogP contribution in [0.25, 0.3) is 0 Å². The van der Waals surface area contributed by atoms with Crippen molar-refractivity contribution in [1.82, 2.24) is 0 Å². The van der Waals surface area contributed by atoms with Crippen LogP contribution in [0.15, 0.2) is 24.3 Å². The Bertz CT molecular complexity index is 456. The summed E-state index contributed by atoms with van der Waals surface area (Å²) in [6, 6.07) is 6.08. The molecule has 104 valence electrons. The second-order valence-electron chi connectivity index (χ2n) is 3.80. The number of amides is 1. The molecule has 1 amide bonds. The average Bonchev–Trinajstić information content (AvgIpc) is 2.37. The molecule has 1 aromatic carbocycles. The predicted molar refractivity (Wildman–Crippen MR) is 77.6 cm³/mol. The van der Waals surface area contributed by atoms with E-state index in [0.29, 0.717) is 16.5 Å². The summed E-state index contributed by atoms with van der Waals surface area (Å²) in [4.78, 5) is 22.1. The maximum absolute atomic E-state index is 11.6. The van der Waals surface area contributed by atoms with Gasteiger partial charge in [0.2, 0.25) is 5.91 Å². The lowest BCUT2D eigenvalue weighted by Crippen LogP contribution is -2.32. The molecule has 19 heavy (non-hydrogen) atoms. The number of anilines is 1. The van der Waals surface area contributed by atoms with Crippen molar-refractivity contribution in [3.05, 3.63) is 29.3 Å². The zero-order valence-electron chi connectivity index (χ0n) is 10.1. The molecule has 0 aliphatic carbocycles. The number of benzene rings is 1. The first-order valence-corrected chi connectivity index (χ1v) is 7.14. The van der Waals surface area contributed by atoms with E-state index in [1.54, 1.807) is 24.3 Å². The van der Waals surface area contributed by atoms with E-state index in [4.69, 9.17) is 22.4 Å². The summed E-state index contributed by atoms with van der Waals surface area (Å²) in [6.07, 6.45) is 0.280. The van der Waals surface area contributed by atoms with E-state index < -0.39 is 12.0 Å². The lowest BCUT2D eigenvalue weighted by Gasteiger charge is -2.08. The van der Waals surface area contributed by atoms with Gasteiger partial charge in [-0.05, 0) is 12.1 Å². The monoisotopic (exact) mass is 302 g/mol. The molecule has 1 aromatic rings. The summed E-state index contributed by atoms with van der Waals surface area (Å²) in [7, 11) is 0. The van der Waals surface area contributed by atoms with Crippen molar-refractivity contribution in [2.75, 3.05) is 16.8 Å². The number of carboxylic acid groups (broad SMARTS) is 1. The average molecular weight is 303 g/mol. The van der Waals surface area contributed by atoms with Crippen LogP contribution >= 0.6 is 23.4 Å². The Kier molecular flexibility index (Phi) is 6.69. The maximum atomic E-state index is 11.6. The number of halogens is 1. The zero-order chi connectivity index (χ0) is 14.3. The number of hydrogen-bond donors (Lipinski definition) is 3. The predicted octanol–water partition coefficient (Wildman–Crippen LogP) is 1.81. The molecule has 0 aliphatic heterocycles. The van der Waals surface area contributed by atoms with Crippen LogP contribution in [-0.4, -0.2) is 34.5 Å². The molecule has 4 N–H and O–H groups in total. The first-order valence-electron chi connectivity index (χ1n) is 5.61. The Morgan fingerprint density at radius 3 is 2.74 bits per heavy atom. The molecule has 5 nitrogen and oxygen atoms in total. The molecule has 0 saturated carbocycles. The topological polar surface area (TPSA) is 92.4 Å². The summed E-state index contributed by atoms with van der Waals surface area (Å²) in [5, 5.41) is 11.8. The van der Waals surface area contributed by atoms with Gasteiger partial charge < -0.3 is 16.2 Å². The van der Waals surface area contributed by atoms with Crippen LogP contribution in [0, 0.1) is 0 Å². The fourth-order valence-corrected chi connectivity index (χ4v) is 2.30. The first kappa shape index (κ1) is 15.8. The van der Waals surface area contributed by atoms with Crippen molar-refractivity contribution in [2.24, 2.45) is 5.73 Å². The molecule has 1 atom stereocenters. The molecule has 0 aromatic heterocycles. The van der Waals surface area contributed by atoms with Crippen LogP contribution in [0.4, 0.5) is 5.69 Å². The van der Waals surface area contributed by atoms with Crippen molar-refractivity contribution < 1.29 is 14.7 Å². The SMILES string of the molecule is N[C@@H](CSCCC(=O)Nc1ccccc1Cl)C(=O)O. The minimum atomic E-state index is -1.03. The van der Waals surface area contributed by atoms with Crippen molar-refractivity contribution in [3.63, 3.8) is 0 Å². The number of aliphatic carboxylic acids is 1. The van der Waals surface area contributed by atoms with Gasteiger partial charge in [0.05, 0.1) is 10.7 Å². The highest BCUT2D eigenvalue weighted by molar-refractivity contribution is 7.99. The number of para-hydroxylation sites is 1. The number of carbonyl (C=O) groups excluding carboxylic acids is 1. The molecule has 0 aliphatic rings. The summed E-state index contributed by atoms with van der Waals surface area (Å²) < 4.78 is 0. The van der Waals surface area contributed by atoms with E-state index in [0.717, 1.165) is 0 Å². The van der Waals surface area contributed by atoms with Gasteiger partial charge in [0, 0.05) is 17.9 Å². The third-order valence-corrected chi connectivity index (χ3v) is 3.65.